The van der Waals surface area contributed by atoms with Crippen LogP contribution in [0, 0.1) is 0 Å². The Hall–Kier alpha value is -0.860. The zero-order valence-corrected chi connectivity index (χ0v) is 8.76. The molecule has 0 bridgehead atoms. The molecule has 0 atom stereocenters. The summed E-state index contributed by atoms with van der Waals surface area (Å²) in [5, 5.41) is 5.81. The van der Waals surface area contributed by atoms with E-state index in [2.05, 4.69) is 44.5 Å². The van der Waals surface area contributed by atoms with Crippen molar-refractivity contribution in [2.24, 2.45) is 10.1 Å². The SMILES string of the molecule is C=NN(C(CC)=NC)C(C)(C)C. The summed E-state index contributed by atoms with van der Waals surface area (Å²) in [5.41, 5.74) is -0.0351. The lowest BCUT2D eigenvalue weighted by atomic mass is 10.1. The smallest absolute Gasteiger partial charge is 0.119 e. The van der Waals surface area contributed by atoms with E-state index in [1.807, 2.05) is 5.01 Å². The summed E-state index contributed by atoms with van der Waals surface area (Å²) in [7, 11) is 1.78. The third-order valence-corrected chi connectivity index (χ3v) is 1.60. The van der Waals surface area contributed by atoms with Gasteiger partial charge in [-0.25, -0.2) is 5.01 Å². The monoisotopic (exact) mass is 169 g/mol. The molecular formula is C9H19N3. The third-order valence-electron chi connectivity index (χ3n) is 1.60. The van der Waals surface area contributed by atoms with Crippen molar-refractivity contribution in [1.82, 2.24) is 5.01 Å². The van der Waals surface area contributed by atoms with Crippen molar-refractivity contribution in [3.05, 3.63) is 0 Å². The van der Waals surface area contributed by atoms with Gasteiger partial charge in [-0.1, -0.05) is 6.92 Å². The van der Waals surface area contributed by atoms with Crippen molar-refractivity contribution in [3.63, 3.8) is 0 Å². The molecule has 0 aliphatic rings. The van der Waals surface area contributed by atoms with Gasteiger partial charge in [0, 0.05) is 20.2 Å². The standard InChI is InChI=1S/C9H19N3/c1-7-8(10-5)12(11-6)9(2,3)4/h6-7H2,1-5H3. The predicted molar refractivity (Wildman–Crippen MR) is 54.8 cm³/mol. The van der Waals surface area contributed by atoms with Gasteiger partial charge < -0.3 is 0 Å². The van der Waals surface area contributed by atoms with Crippen LogP contribution in [0.4, 0.5) is 0 Å². The van der Waals surface area contributed by atoms with E-state index >= 15 is 0 Å². The molecule has 3 heteroatoms. The van der Waals surface area contributed by atoms with Gasteiger partial charge in [0.25, 0.3) is 0 Å². The number of amidine groups is 1. The van der Waals surface area contributed by atoms with Gasteiger partial charge >= 0.3 is 0 Å². The molecule has 3 nitrogen and oxygen atoms in total. The predicted octanol–water partition coefficient (Wildman–Crippen LogP) is 2.14. The summed E-state index contributed by atoms with van der Waals surface area (Å²) in [6, 6.07) is 0. The molecular weight excluding hydrogens is 150 g/mol. The molecule has 0 aliphatic carbocycles. The van der Waals surface area contributed by atoms with Gasteiger partial charge in [-0.15, -0.1) is 0 Å². The Balaban J connectivity index is 4.66. The molecule has 0 aliphatic heterocycles. The second-order valence-electron chi connectivity index (χ2n) is 3.62. The Bertz CT molecular complexity index is 177. The Kier molecular flexibility index (Phi) is 3.93. The molecule has 0 N–H and O–H groups in total. The van der Waals surface area contributed by atoms with Crippen molar-refractivity contribution in [2.75, 3.05) is 7.05 Å². The first-order valence-corrected chi connectivity index (χ1v) is 4.19. The summed E-state index contributed by atoms with van der Waals surface area (Å²) in [4.78, 5) is 4.15. The largest absolute Gasteiger partial charge is 0.274 e. The molecule has 0 fully saturated rings. The lowest BCUT2D eigenvalue weighted by molar-refractivity contribution is 0.244. The second-order valence-corrected chi connectivity index (χ2v) is 3.62. The van der Waals surface area contributed by atoms with Gasteiger partial charge in [-0.3, -0.25) is 4.99 Å². The van der Waals surface area contributed by atoms with Crippen LogP contribution in [0.1, 0.15) is 34.1 Å². The van der Waals surface area contributed by atoms with E-state index < -0.39 is 0 Å². The summed E-state index contributed by atoms with van der Waals surface area (Å²) in [6.07, 6.45) is 0.882. The third kappa shape index (κ3) is 2.64. The number of rotatable bonds is 2. The molecule has 0 rings (SSSR count). The topological polar surface area (TPSA) is 28.0 Å². The Morgan fingerprint density at radius 1 is 1.42 bits per heavy atom. The molecule has 0 aromatic heterocycles. The first kappa shape index (κ1) is 11.1. The van der Waals surface area contributed by atoms with E-state index in [0.29, 0.717) is 0 Å². The normalized spacial score (nSPS) is 12.9. The number of aliphatic imine (C=N–C) groups is 1. The van der Waals surface area contributed by atoms with Crippen LogP contribution < -0.4 is 0 Å². The minimum absolute atomic E-state index is 0.0351. The fourth-order valence-electron chi connectivity index (χ4n) is 1.08. The highest BCUT2D eigenvalue weighted by molar-refractivity contribution is 5.82. The van der Waals surface area contributed by atoms with Crippen LogP contribution in [-0.2, 0) is 0 Å². The van der Waals surface area contributed by atoms with Crippen LogP contribution in [0.5, 0.6) is 0 Å². The molecule has 0 saturated carbocycles. The maximum atomic E-state index is 4.15. The zero-order valence-electron chi connectivity index (χ0n) is 8.76. The highest BCUT2D eigenvalue weighted by atomic mass is 15.5. The van der Waals surface area contributed by atoms with Crippen LogP contribution in [0.3, 0.4) is 0 Å². The summed E-state index contributed by atoms with van der Waals surface area (Å²) in [5.74, 6) is 0.970. The van der Waals surface area contributed by atoms with Crippen molar-refractivity contribution in [3.8, 4) is 0 Å². The molecule has 0 amide bonds. The van der Waals surface area contributed by atoms with Gasteiger partial charge in [-0.05, 0) is 20.8 Å². The van der Waals surface area contributed by atoms with Gasteiger partial charge in [-0.2, -0.15) is 5.10 Å². The highest BCUT2D eigenvalue weighted by Gasteiger charge is 2.22. The molecule has 70 valence electrons. The van der Waals surface area contributed by atoms with Gasteiger partial charge in [0.15, 0.2) is 0 Å². The van der Waals surface area contributed by atoms with Crippen molar-refractivity contribution >= 4 is 12.6 Å². The maximum Gasteiger partial charge on any atom is 0.119 e. The number of nitrogens with zero attached hydrogens (tertiary/aromatic N) is 3. The molecule has 0 heterocycles. The zero-order chi connectivity index (χ0) is 9.78. The minimum Gasteiger partial charge on any atom is -0.274 e. The van der Waals surface area contributed by atoms with Gasteiger partial charge in [0.2, 0.25) is 0 Å². The van der Waals surface area contributed by atoms with E-state index in [-0.39, 0.29) is 5.54 Å². The van der Waals surface area contributed by atoms with Crippen LogP contribution >= 0.6 is 0 Å². The molecule has 12 heavy (non-hydrogen) atoms. The fraction of sp³-hybridized carbons (Fsp3) is 0.778. The molecule has 0 aromatic carbocycles. The first-order chi connectivity index (χ1) is 5.47. The highest BCUT2D eigenvalue weighted by Crippen LogP contribution is 2.15. The summed E-state index contributed by atoms with van der Waals surface area (Å²) in [6.45, 7) is 11.9. The van der Waals surface area contributed by atoms with Crippen LogP contribution in [-0.4, -0.2) is 30.1 Å². The van der Waals surface area contributed by atoms with Crippen molar-refractivity contribution < 1.29 is 0 Å². The maximum absolute atomic E-state index is 4.15. The van der Waals surface area contributed by atoms with E-state index in [0.717, 1.165) is 12.3 Å². The number of hydrogen-bond donors (Lipinski definition) is 0. The molecule has 0 unspecified atom stereocenters. The first-order valence-electron chi connectivity index (χ1n) is 4.19. The average molecular weight is 169 g/mol. The molecule has 0 saturated heterocycles. The quantitative estimate of drug-likeness (QED) is 0.353. The second kappa shape index (κ2) is 4.24. The Morgan fingerprint density at radius 2 is 1.92 bits per heavy atom. The van der Waals surface area contributed by atoms with Crippen molar-refractivity contribution in [1.29, 1.82) is 0 Å². The van der Waals surface area contributed by atoms with E-state index in [9.17, 15) is 0 Å². The fourth-order valence-corrected chi connectivity index (χ4v) is 1.08. The van der Waals surface area contributed by atoms with Gasteiger partial charge in [0.1, 0.15) is 5.84 Å². The summed E-state index contributed by atoms with van der Waals surface area (Å²) < 4.78 is 0. The Labute approximate surface area is 75.2 Å². The molecule has 0 aromatic rings. The van der Waals surface area contributed by atoms with Crippen molar-refractivity contribution in [2.45, 2.75) is 39.7 Å². The van der Waals surface area contributed by atoms with E-state index in [1.54, 1.807) is 7.05 Å². The lowest BCUT2D eigenvalue weighted by Gasteiger charge is -2.32. The minimum atomic E-state index is -0.0351. The number of hydrazone groups is 1. The van der Waals surface area contributed by atoms with Crippen LogP contribution in [0.2, 0.25) is 0 Å². The van der Waals surface area contributed by atoms with E-state index in [1.165, 1.54) is 0 Å². The molecule has 0 spiro atoms. The van der Waals surface area contributed by atoms with E-state index in [4.69, 9.17) is 0 Å². The Morgan fingerprint density at radius 3 is 2.00 bits per heavy atom. The summed E-state index contributed by atoms with van der Waals surface area (Å²) >= 11 is 0. The van der Waals surface area contributed by atoms with Crippen LogP contribution in [0.15, 0.2) is 10.1 Å². The molecule has 0 radical (unpaired) electrons. The number of hydrogen-bond acceptors (Lipinski definition) is 2. The van der Waals surface area contributed by atoms with Crippen LogP contribution in [0.25, 0.3) is 0 Å². The van der Waals surface area contributed by atoms with Gasteiger partial charge in [0.05, 0.1) is 5.54 Å². The average Bonchev–Trinajstić information content (AvgIpc) is 1.97. The lowest BCUT2D eigenvalue weighted by Crippen LogP contribution is -2.41.